The second-order valence-corrected chi connectivity index (χ2v) is 6.51. The Morgan fingerprint density at radius 1 is 0.957 bits per heavy atom. The van der Waals surface area contributed by atoms with E-state index in [9.17, 15) is 0 Å². The van der Waals surface area contributed by atoms with Gasteiger partial charge >= 0.3 is 0 Å². The lowest BCUT2D eigenvalue weighted by atomic mass is 9.86. The van der Waals surface area contributed by atoms with Crippen LogP contribution in [0.4, 0.5) is 5.69 Å². The summed E-state index contributed by atoms with van der Waals surface area (Å²) in [6.07, 6.45) is 5.47. The van der Waals surface area contributed by atoms with Gasteiger partial charge in [-0.1, -0.05) is 63.3 Å². The van der Waals surface area contributed by atoms with E-state index in [0.29, 0.717) is 11.8 Å². The van der Waals surface area contributed by atoms with Crippen molar-refractivity contribution in [1.29, 1.82) is 0 Å². The molecule has 1 N–H and O–H groups in total. The van der Waals surface area contributed by atoms with E-state index in [1.165, 1.54) is 27.9 Å². The van der Waals surface area contributed by atoms with Crippen molar-refractivity contribution >= 4 is 5.69 Å². The highest BCUT2D eigenvalue weighted by atomic mass is 14.8. The molecule has 0 aromatic heterocycles. The molecule has 1 unspecified atom stereocenters. The average molecular weight is 307 g/mol. The van der Waals surface area contributed by atoms with Crippen LogP contribution in [-0.2, 0) is 0 Å². The van der Waals surface area contributed by atoms with E-state index >= 15 is 0 Å². The predicted octanol–water partition coefficient (Wildman–Crippen LogP) is 6.59. The molecule has 0 aliphatic rings. The number of benzene rings is 2. The highest BCUT2D eigenvalue weighted by Crippen LogP contribution is 2.38. The number of anilines is 1. The molecule has 0 spiro atoms. The highest BCUT2D eigenvalue weighted by Gasteiger charge is 2.17. The van der Waals surface area contributed by atoms with Crippen LogP contribution in [0.5, 0.6) is 0 Å². The maximum Gasteiger partial charge on any atom is 0.0408 e. The molecule has 1 heteroatoms. The number of hydrogen-bond donors (Lipinski definition) is 1. The fraction of sp³-hybridized carbons (Fsp3) is 0.364. The van der Waals surface area contributed by atoms with Crippen LogP contribution in [0.15, 0.2) is 54.6 Å². The summed E-state index contributed by atoms with van der Waals surface area (Å²) in [4.78, 5) is 0. The zero-order valence-electron chi connectivity index (χ0n) is 15.1. The number of allylic oxidation sites excluding steroid dienone is 2. The molecule has 0 radical (unpaired) electrons. The second-order valence-electron chi connectivity index (χ2n) is 6.51. The third-order valence-electron chi connectivity index (χ3n) is 4.43. The topological polar surface area (TPSA) is 12.0 Å². The SMILES string of the molecule is CC=CCC(C)c1cc(-c2ccccc2)cc(C(C)C)c1NC. The monoisotopic (exact) mass is 307 g/mol. The van der Waals surface area contributed by atoms with Gasteiger partial charge in [0.2, 0.25) is 0 Å². The van der Waals surface area contributed by atoms with E-state index in [1.54, 1.807) is 0 Å². The van der Waals surface area contributed by atoms with Gasteiger partial charge in [-0.15, -0.1) is 0 Å². The third kappa shape index (κ3) is 4.04. The van der Waals surface area contributed by atoms with E-state index in [1.807, 2.05) is 7.05 Å². The van der Waals surface area contributed by atoms with E-state index in [-0.39, 0.29) is 0 Å². The fourth-order valence-corrected chi connectivity index (χ4v) is 3.08. The maximum atomic E-state index is 3.46. The van der Waals surface area contributed by atoms with Gasteiger partial charge in [-0.3, -0.25) is 0 Å². The summed E-state index contributed by atoms with van der Waals surface area (Å²) < 4.78 is 0. The number of nitrogens with one attached hydrogen (secondary N) is 1. The molecule has 122 valence electrons. The number of rotatable bonds is 6. The molecule has 0 aliphatic heterocycles. The minimum atomic E-state index is 0.494. The van der Waals surface area contributed by atoms with Gasteiger partial charge in [-0.25, -0.2) is 0 Å². The Bertz CT molecular complexity index is 653. The summed E-state index contributed by atoms with van der Waals surface area (Å²) in [7, 11) is 2.04. The Labute approximate surface area is 141 Å². The number of hydrogen-bond acceptors (Lipinski definition) is 1. The molecule has 2 aromatic rings. The molecule has 0 saturated heterocycles. The fourth-order valence-electron chi connectivity index (χ4n) is 3.08. The van der Waals surface area contributed by atoms with Crippen LogP contribution in [0, 0.1) is 0 Å². The summed E-state index contributed by atoms with van der Waals surface area (Å²) >= 11 is 0. The Balaban J connectivity index is 2.60. The molecule has 2 aromatic carbocycles. The highest BCUT2D eigenvalue weighted by molar-refractivity contribution is 5.72. The standard InChI is InChI=1S/C22H29N/c1-6-7-11-17(4)21-15-19(18-12-9-8-10-13-18)14-20(16(2)3)22(21)23-5/h6-10,12-17,23H,11H2,1-5H3. The molecule has 0 amide bonds. The van der Waals surface area contributed by atoms with Crippen LogP contribution < -0.4 is 5.32 Å². The van der Waals surface area contributed by atoms with E-state index in [2.05, 4.69) is 87.6 Å². The van der Waals surface area contributed by atoms with Crippen molar-refractivity contribution in [3.8, 4) is 11.1 Å². The Morgan fingerprint density at radius 3 is 2.17 bits per heavy atom. The minimum absolute atomic E-state index is 0.494. The van der Waals surface area contributed by atoms with Gasteiger partial charge in [0.15, 0.2) is 0 Å². The molecule has 0 fully saturated rings. The van der Waals surface area contributed by atoms with Gasteiger partial charge < -0.3 is 5.32 Å². The first-order valence-electron chi connectivity index (χ1n) is 8.60. The van der Waals surface area contributed by atoms with Gasteiger partial charge in [0.05, 0.1) is 0 Å². The first kappa shape index (κ1) is 17.3. The molecule has 23 heavy (non-hydrogen) atoms. The van der Waals surface area contributed by atoms with Crippen molar-refractivity contribution in [2.75, 3.05) is 12.4 Å². The Kier molecular flexibility index (Phi) is 6.04. The van der Waals surface area contributed by atoms with Crippen LogP contribution >= 0.6 is 0 Å². The van der Waals surface area contributed by atoms with Crippen molar-refractivity contribution in [2.45, 2.75) is 46.0 Å². The van der Waals surface area contributed by atoms with Crippen molar-refractivity contribution in [1.82, 2.24) is 0 Å². The van der Waals surface area contributed by atoms with E-state index < -0.39 is 0 Å². The third-order valence-corrected chi connectivity index (χ3v) is 4.43. The summed E-state index contributed by atoms with van der Waals surface area (Å²) in [5.41, 5.74) is 6.72. The first-order chi connectivity index (χ1) is 11.1. The van der Waals surface area contributed by atoms with Gasteiger partial charge in [0.25, 0.3) is 0 Å². The zero-order valence-corrected chi connectivity index (χ0v) is 15.1. The van der Waals surface area contributed by atoms with Crippen LogP contribution in [0.3, 0.4) is 0 Å². The molecule has 1 atom stereocenters. The van der Waals surface area contributed by atoms with E-state index in [0.717, 1.165) is 6.42 Å². The summed E-state index contributed by atoms with van der Waals surface area (Å²) in [5.74, 6) is 0.989. The van der Waals surface area contributed by atoms with Crippen molar-refractivity contribution in [3.05, 3.63) is 65.7 Å². The predicted molar refractivity (Wildman–Crippen MR) is 103 cm³/mol. The molecule has 0 heterocycles. The van der Waals surface area contributed by atoms with Gasteiger partial charge in [0, 0.05) is 12.7 Å². The lowest BCUT2D eigenvalue weighted by molar-refractivity contribution is 0.774. The van der Waals surface area contributed by atoms with E-state index in [4.69, 9.17) is 0 Å². The van der Waals surface area contributed by atoms with Crippen molar-refractivity contribution in [3.63, 3.8) is 0 Å². The second kappa shape index (κ2) is 8.01. The summed E-state index contributed by atoms with van der Waals surface area (Å²) in [6, 6.07) is 15.4. The lowest BCUT2D eigenvalue weighted by Gasteiger charge is -2.22. The summed E-state index contributed by atoms with van der Waals surface area (Å²) in [5, 5.41) is 3.46. The normalized spacial score (nSPS) is 12.8. The van der Waals surface area contributed by atoms with Gasteiger partial charge in [0.1, 0.15) is 0 Å². The Hall–Kier alpha value is -2.02. The van der Waals surface area contributed by atoms with Crippen LogP contribution in [0.2, 0.25) is 0 Å². The van der Waals surface area contributed by atoms with Gasteiger partial charge in [-0.2, -0.15) is 0 Å². The summed E-state index contributed by atoms with van der Waals surface area (Å²) in [6.45, 7) is 8.94. The molecule has 0 saturated carbocycles. The van der Waals surface area contributed by atoms with Crippen LogP contribution in [0.1, 0.15) is 57.1 Å². The van der Waals surface area contributed by atoms with Crippen molar-refractivity contribution in [2.24, 2.45) is 0 Å². The quantitative estimate of drug-likeness (QED) is 0.594. The smallest absolute Gasteiger partial charge is 0.0408 e. The first-order valence-corrected chi connectivity index (χ1v) is 8.60. The Morgan fingerprint density at radius 2 is 1.61 bits per heavy atom. The average Bonchev–Trinajstić information content (AvgIpc) is 2.59. The van der Waals surface area contributed by atoms with Crippen LogP contribution in [0.25, 0.3) is 11.1 Å². The zero-order chi connectivity index (χ0) is 16.8. The molecule has 1 nitrogen and oxygen atoms in total. The minimum Gasteiger partial charge on any atom is -0.388 e. The molecule has 2 rings (SSSR count). The van der Waals surface area contributed by atoms with Crippen LogP contribution in [-0.4, -0.2) is 7.05 Å². The maximum absolute atomic E-state index is 3.46. The largest absolute Gasteiger partial charge is 0.388 e. The molecular formula is C22H29N. The molecule has 0 bridgehead atoms. The lowest BCUT2D eigenvalue weighted by Crippen LogP contribution is -2.05. The van der Waals surface area contributed by atoms with Crippen molar-refractivity contribution < 1.29 is 0 Å². The van der Waals surface area contributed by atoms with Gasteiger partial charge in [-0.05, 0) is 59.6 Å². The molecule has 0 aliphatic carbocycles. The molecular weight excluding hydrogens is 278 g/mol.